The van der Waals surface area contributed by atoms with Crippen molar-refractivity contribution in [2.45, 2.75) is 13.3 Å². The average Bonchev–Trinajstić information content (AvgIpc) is 3.39. The van der Waals surface area contributed by atoms with Crippen LogP contribution in [0.2, 0.25) is 0 Å². The van der Waals surface area contributed by atoms with Gasteiger partial charge in [0.2, 0.25) is 5.78 Å². The van der Waals surface area contributed by atoms with Gasteiger partial charge in [-0.2, -0.15) is 10.2 Å². The minimum absolute atomic E-state index is 0.0656. The maximum atomic E-state index is 12.6. The number of imidazole rings is 1. The summed E-state index contributed by atoms with van der Waals surface area (Å²) in [5.74, 6) is -0.333. The van der Waals surface area contributed by atoms with Crippen molar-refractivity contribution in [3.05, 3.63) is 60.2 Å². The van der Waals surface area contributed by atoms with Crippen molar-refractivity contribution in [3.8, 4) is 11.3 Å². The maximum absolute atomic E-state index is 12.6. The molecule has 0 aliphatic carbocycles. The second-order valence-corrected chi connectivity index (χ2v) is 6.24. The second kappa shape index (κ2) is 7.89. The van der Waals surface area contributed by atoms with Gasteiger partial charge in [-0.25, -0.2) is 4.98 Å². The standard InChI is InChI=1S/C19H18N8O2/c1-2-9-20-17(28)15-16(25-26-24-15)18(29)22-14-8-10-27-11-13(21-19(27)23-14)12-6-4-3-5-7-12/h3-8,10-11H,2,9H2,1H3,(H,20,28)(H,24,25,26)(H,21,22,23,29). The summed E-state index contributed by atoms with van der Waals surface area (Å²) in [4.78, 5) is 33.5. The number of carbonyl (C=O) groups excluding carboxylic acids is 2. The Bertz CT molecular complexity index is 1170. The molecule has 0 bridgehead atoms. The Morgan fingerprint density at radius 1 is 1.03 bits per heavy atom. The number of nitrogens with one attached hydrogen (secondary N) is 3. The molecule has 146 valence electrons. The Morgan fingerprint density at radius 2 is 1.79 bits per heavy atom. The Hall–Kier alpha value is -4.08. The summed E-state index contributed by atoms with van der Waals surface area (Å²) in [7, 11) is 0. The number of carbonyl (C=O) groups is 2. The van der Waals surface area contributed by atoms with Crippen molar-refractivity contribution in [2.75, 3.05) is 11.9 Å². The van der Waals surface area contributed by atoms with Crippen molar-refractivity contribution >= 4 is 23.4 Å². The van der Waals surface area contributed by atoms with Crippen LogP contribution in [-0.2, 0) is 0 Å². The molecule has 0 fully saturated rings. The molecule has 0 aliphatic heterocycles. The molecule has 4 rings (SSSR count). The summed E-state index contributed by atoms with van der Waals surface area (Å²) in [6.07, 6.45) is 4.37. The van der Waals surface area contributed by atoms with Crippen LogP contribution in [0.4, 0.5) is 5.82 Å². The smallest absolute Gasteiger partial charge is 0.279 e. The third-order valence-electron chi connectivity index (χ3n) is 4.15. The number of anilines is 1. The van der Waals surface area contributed by atoms with E-state index in [-0.39, 0.29) is 17.2 Å². The molecule has 10 heteroatoms. The highest BCUT2D eigenvalue weighted by molar-refractivity contribution is 6.09. The lowest BCUT2D eigenvalue weighted by atomic mass is 10.2. The van der Waals surface area contributed by atoms with Gasteiger partial charge in [0.1, 0.15) is 5.82 Å². The highest BCUT2D eigenvalue weighted by atomic mass is 16.2. The lowest BCUT2D eigenvalue weighted by molar-refractivity contribution is 0.0935. The third kappa shape index (κ3) is 3.81. The van der Waals surface area contributed by atoms with Crippen molar-refractivity contribution in [1.29, 1.82) is 0 Å². The second-order valence-electron chi connectivity index (χ2n) is 6.24. The van der Waals surface area contributed by atoms with Crippen LogP contribution in [0.25, 0.3) is 17.0 Å². The highest BCUT2D eigenvalue weighted by Gasteiger charge is 2.22. The molecule has 4 aromatic rings. The minimum atomic E-state index is -0.591. The molecule has 10 nitrogen and oxygen atoms in total. The number of hydrogen-bond acceptors (Lipinski definition) is 6. The highest BCUT2D eigenvalue weighted by Crippen LogP contribution is 2.19. The number of nitrogens with zero attached hydrogens (tertiary/aromatic N) is 5. The summed E-state index contributed by atoms with van der Waals surface area (Å²) in [6, 6.07) is 11.4. The molecule has 3 N–H and O–H groups in total. The zero-order valence-corrected chi connectivity index (χ0v) is 15.6. The Balaban J connectivity index is 1.55. The number of rotatable bonds is 6. The van der Waals surface area contributed by atoms with Gasteiger partial charge in [-0.1, -0.05) is 37.3 Å². The van der Waals surface area contributed by atoms with Gasteiger partial charge in [0, 0.05) is 24.5 Å². The largest absolute Gasteiger partial charge is 0.351 e. The fourth-order valence-corrected chi connectivity index (χ4v) is 2.74. The van der Waals surface area contributed by atoms with Crippen LogP contribution >= 0.6 is 0 Å². The van der Waals surface area contributed by atoms with Crippen LogP contribution in [-0.4, -0.2) is 48.1 Å². The van der Waals surface area contributed by atoms with Crippen LogP contribution in [0.5, 0.6) is 0 Å². The maximum Gasteiger partial charge on any atom is 0.279 e. The van der Waals surface area contributed by atoms with E-state index >= 15 is 0 Å². The monoisotopic (exact) mass is 390 g/mol. The average molecular weight is 390 g/mol. The molecule has 1 aromatic carbocycles. The third-order valence-corrected chi connectivity index (χ3v) is 4.15. The lowest BCUT2D eigenvalue weighted by Gasteiger charge is -2.04. The van der Waals surface area contributed by atoms with E-state index in [1.54, 1.807) is 16.7 Å². The molecule has 29 heavy (non-hydrogen) atoms. The minimum Gasteiger partial charge on any atom is -0.351 e. The zero-order valence-electron chi connectivity index (χ0n) is 15.6. The van der Waals surface area contributed by atoms with Crippen molar-refractivity contribution < 1.29 is 9.59 Å². The van der Waals surface area contributed by atoms with Crippen molar-refractivity contribution in [1.82, 2.24) is 35.1 Å². The first-order valence-electron chi connectivity index (χ1n) is 9.07. The van der Waals surface area contributed by atoms with E-state index in [4.69, 9.17) is 0 Å². The molecule has 2 amide bonds. The van der Waals surface area contributed by atoms with Gasteiger partial charge in [-0.15, -0.1) is 10.2 Å². The number of hydrogen-bond donors (Lipinski definition) is 3. The number of amides is 2. The van der Waals surface area contributed by atoms with E-state index < -0.39 is 11.8 Å². The van der Waals surface area contributed by atoms with Crippen LogP contribution in [0.3, 0.4) is 0 Å². The Kier molecular flexibility index (Phi) is 4.97. The van der Waals surface area contributed by atoms with Crippen molar-refractivity contribution in [2.24, 2.45) is 0 Å². The molecule has 0 radical (unpaired) electrons. The van der Waals surface area contributed by atoms with E-state index in [2.05, 4.69) is 36.0 Å². The summed E-state index contributed by atoms with van der Waals surface area (Å²) in [5, 5.41) is 15.2. The molecule has 0 spiro atoms. The summed E-state index contributed by atoms with van der Waals surface area (Å²) in [6.45, 7) is 2.41. The van der Waals surface area contributed by atoms with E-state index in [1.165, 1.54) is 0 Å². The first-order valence-corrected chi connectivity index (χ1v) is 9.07. The van der Waals surface area contributed by atoms with E-state index in [0.29, 0.717) is 12.3 Å². The number of benzene rings is 1. The Morgan fingerprint density at radius 3 is 2.55 bits per heavy atom. The molecule has 0 unspecified atom stereocenters. The summed E-state index contributed by atoms with van der Waals surface area (Å²) < 4.78 is 1.76. The van der Waals surface area contributed by atoms with Crippen LogP contribution in [0, 0.1) is 0 Å². The first kappa shape index (κ1) is 18.3. The van der Waals surface area contributed by atoms with Gasteiger partial charge in [0.25, 0.3) is 11.8 Å². The van der Waals surface area contributed by atoms with Gasteiger partial charge >= 0.3 is 0 Å². The van der Waals surface area contributed by atoms with Gasteiger partial charge in [0.05, 0.1) is 5.69 Å². The number of aromatic amines is 1. The predicted molar refractivity (Wildman–Crippen MR) is 105 cm³/mol. The van der Waals surface area contributed by atoms with E-state index in [0.717, 1.165) is 17.7 Å². The topological polar surface area (TPSA) is 130 Å². The predicted octanol–water partition coefficient (Wildman–Crippen LogP) is 1.91. The van der Waals surface area contributed by atoms with Gasteiger partial charge in [0.15, 0.2) is 11.4 Å². The number of fused-ring (bicyclic) bond motifs is 1. The van der Waals surface area contributed by atoms with Crippen LogP contribution in [0.15, 0.2) is 48.8 Å². The van der Waals surface area contributed by atoms with Crippen molar-refractivity contribution in [3.63, 3.8) is 0 Å². The van der Waals surface area contributed by atoms with Gasteiger partial charge in [-0.05, 0) is 12.5 Å². The SMILES string of the molecule is CCCNC(=O)c1n[nH]nc1C(=O)Nc1ccn2cc(-c3ccccc3)nc2n1. The molecular formula is C19H18N8O2. The number of H-pyrrole nitrogens is 1. The number of aromatic nitrogens is 6. The fourth-order valence-electron chi connectivity index (χ4n) is 2.74. The first-order chi connectivity index (χ1) is 14.2. The molecule has 0 saturated heterocycles. The molecule has 3 heterocycles. The van der Waals surface area contributed by atoms with Gasteiger partial charge < -0.3 is 10.6 Å². The van der Waals surface area contributed by atoms with E-state index in [9.17, 15) is 9.59 Å². The molecule has 0 atom stereocenters. The van der Waals surface area contributed by atoms with Crippen LogP contribution < -0.4 is 10.6 Å². The molecule has 3 aromatic heterocycles. The molecular weight excluding hydrogens is 372 g/mol. The van der Waals surface area contributed by atoms with E-state index in [1.807, 2.05) is 43.5 Å². The quantitative estimate of drug-likeness (QED) is 0.461. The Labute approximate surface area is 165 Å². The summed E-state index contributed by atoms with van der Waals surface area (Å²) >= 11 is 0. The molecule has 0 aliphatic rings. The van der Waals surface area contributed by atoms with Crippen LogP contribution in [0.1, 0.15) is 34.3 Å². The molecule has 0 saturated carbocycles. The van der Waals surface area contributed by atoms with Gasteiger partial charge in [-0.3, -0.25) is 14.0 Å². The zero-order chi connectivity index (χ0) is 20.2. The lowest BCUT2D eigenvalue weighted by Crippen LogP contribution is -2.27. The fraction of sp³-hybridized carbons (Fsp3) is 0.158. The summed E-state index contributed by atoms with van der Waals surface area (Å²) in [5.41, 5.74) is 1.57. The normalized spacial score (nSPS) is 10.8.